The van der Waals surface area contributed by atoms with Crippen LogP contribution in [-0.2, 0) is 6.54 Å². The van der Waals surface area contributed by atoms with Gasteiger partial charge < -0.3 is 14.6 Å². The molecule has 1 saturated heterocycles. The van der Waals surface area contributed by atoms with Crippen LogP contribution in [0.15, 0.2) is 21.5 Å². The van der Waals surface area contributed by atoms with Crippen LogP contribution in [0.3, 0.4) is 0 Å². The van der Waals surface area contributed by atoms with Gasteiger partial charge in [-0.2, -0.15) is 0 Å². The summed E-state index contributed by atoms with van der Waals surface area (Å²) in [6.45, 7) is 3.73. The van der Waals surface area contributed by atoms with Crippen LogP contribution < -0.4 is 5.43 Å². The molecule has 2 N–H and O–H groups in total. The third-order valence-electron chi connectivity index (χ3n) is 3.00. The number of aromatic hydroxyl groups is 1. The van der Waals surface area contributed by atoms with E-state index in [9.17, 15) is 9.90 Å². The van der Waals surface area contributed by atoms with Crippen molar-refractivity contribution < 1.29 is 14.6 Å². The van der Waals surface area contributed by atoms with E-state index in [1.165, 1.54) is 6.07 Å². The quantitative estimate of drug-likeness (QED) is 0.794. The predicted octanol–water partition coefficient (Wildman–Crippen LogP) is 0.692. The minimum absolute atomic E-state index is 0.376. The van der Waals surface area contributed by atoms with Gasteiger partial charge in [0.25, 0.3) is 0 Å². The van der Waals surface area contributed by atoms with E-state index < -0.39 is 11.0 Å². The number of hydrogen-bond acceptors (Lipinski definition) is 5. The molecule has 1 aromatic rings. The molecule has 2 heterocycles. The molecule has 0 amide bonds. The van der Waals surface area contributed by atoms with Crippen molar-refractivity contribution in [1.29, 1.82) is 0 Å². The molecule has 1 aliphatic rings. The largest absolute Gasteiger partial charge is 0.502 e. The molecule has 0 spiro atoms. The highest BCUT2D eigenvalue weighted by Crippen LogP contribution is 2.21. The third-order valence-corrected chi connectivity index (χ3v) is 3.00. The predicted molar refractivity (Wildman–Crippen MR) is 61.8 cm³/mol. The van der Waals surface area contributed by atoms with Crippen molar-refractivity contribution in [3.05, 3.63) is 28.3 Å². The van der Waals surface area contributed by atoms with Crippen LogP contribution in [0.2, 0.25) is 0 Å². The maximum absolute atomic E-state index is 11.2. The minimum Gasteiger partial charge on any atom is -0.502 e. The van der Waals surface area contributed by atoms with Crippen LogP contribution in [0.5, 0.6) is 5.75 Å². The summed E-state index contributed by atoms with van der Waals surface area (Å²) < 4.78 is 5.14. The normalized spacial score (nSPS) is 26.0. The molecular formula is C12H17NO4. The Hall–Kier alpha value is -1.33. The Kier molecular flexibility index (Phi) is 3.22. The molecule has 0 saturated carbocycles. The molecule has 1 fully saturated rings. The van der Waals surface area contributed by atoms with Gasteiger partial charge in [0.1, 0.15) is 12.0 Å². The maximum atomic E-state index is 11.2. The van der Waals surface area contributed by atoms with E-state index >= 15 is 0 Å². The van der Waals surface area contributed by atoms with Gasteiger partial charge in [-0.1, -0.05) is 0 Å². The van der Waals surface area contributed by atoms with E-state index in [4.69, 9.17) is 9.52 Å². The molecule has 0 aliphatic carbocycles. The molecule has 94 valence electrons. The Labute approximate surface area is 99.3 Å². The first kappa shape index (κ1) is 12.1. The summed E-state index contributed by atoms with van der Waals surface area (Å²) in [4.78, 5) is 13.3. The standard InChI is InChI=1S/C12H17NO4/c1-12(16)3-2-4-13(8-12)6-9-5-10(14)11(15)7-17-9/h5,7,15-16H,2-4,6,8H2,1H3. The van der Waals surface area contributed by atoms with E-state index in [1.54, 1.807) is 0 Å². The molecule has 1 atom stereocenters. The van der Waals surface area contributed by atoms with E-state index in [2.05, 4.69) is 0 Å². The molecule has 1 aliphatic heterocycles. The molecule has 0 bridgehead atoms. The lowest BCUT2D eigenvalue weighted by atomic mass is 9.95. The average Bonchev–Trinajstić information content (AvgIpc) is 2.22. The van der Waals surface area contributed by atoms with Crippen molar-refractivity contribution in [2.75, 3.05) is 13.1 Å². The number of rotatable bonds is 2. The molecule has 2 rings (SSSR count). The molecule has 5 heteroatoms. The van der Waals surface area contributed by atoms with Gasteiger partial charge in [-0.3, -0.25) is 9.69 Å². The smallest absolute Gasteiger partial charge is 0.226 e. The lowest BCUT2D eigenvalue weighted by Crippen LogP contribution is -2.45. The zero-order chi connectivity index (χ0) is 12.5. The summed E-state index contributed by atoms with van der Waals surface area (Å²) in [5.41, 5.74) is -1.11. The first-order valence-electron chi connectivity index (χ1n) is 5.72. The topological polar surface area (TPSA) is 73.9 Å². The first-order chi connectivity index (χ1) is 7.96. The van der Waals surface area contributed by atoms with Gasteiger partial charge in [0.2, 0.25) is 5.43 Å². The number of piperidine rings is 1. The zero-order valence-electron chi connectivity index (χ0n) is 9.85. The number of likely N-dealkylation sites (tertiary alicyclic amines) is 1. The number of β-amino-alcohol motifs (C(OH)–C–C–N with tert-alkyl or cyclic N) is 1. The summed E-state index contributed by atoms with van der Waals surface area (Å²) in [5.74, 6) is 0.130. The van der Waals surface area contributed by atoms with Crippen LogP contribution in [-0.4, -0.2) is 33.8 Å². The number of hydrogen-bond donors (Lipinski definition) is 2. The first-order valence-corrected chi connectivity index (χ1v) is 5.72. The maximum Gasteiger partial charge on any atom is 0.226 e. The summed E-state index contributed by atoms with van der Waals surface area (Å²) in [5, 5.41) is 19.0. The lowest BCUT2D eigenvalue weighted by Gasteiger charge is -2.36. The monoisotopic (exact) mass is 239 g/mol. The SMILES string of the molecule is CC1(O)CCCN(Cc2cc(=O)c(O)co2)C1. The second-order valence-electron chi connectivity index (χ2n) is 4.91. The second kappa shape index (κ2) is 4.50. The highest BCUT2D eigenvalue weighted by molar-refractivity contribution is 5.15. The zero-order valence-corrected chi connectivity index (χ0v) is 9.85. The number of aliphatic hydroxyl groups is 1. The summed E-state index contributed by atoms with van der Waals surface area (Å²) in [7, 11) is 0. The van der Waals surface area contributed by atoms with Crippen molar-refractivity contribution in [2.24, 2.45) is 0 Å². The summed E-state index contributed by atoms with van der Waals surface area (Å²) in [6, 6.07) is 1.29. The molecule has 1 aromatic heterocycles. The summed E-state index contributed by atoms with van der Waals surface area (Å²) >= 11 is 0. The fourth-order valence-electron chi connectivity index (χ4n) is 2.21. The van der Waals surface area contributed by atoms with Gasteiger partial charge in [0, 0.05) is 12.6 Å². The molecule has 5 nitrogen and oxygen atoms in total. The highest BCUT2D eigenvalue weighted by Gasteiger charge is 2.28. The lowest BCUT2D eigenvalue weighted by molar-refractivity contribution is -0.0200. The molecular weight excluding hydrogens is 222 g/mol. The van der Waals surface area contributed by atoms with Crippen LogP contribution in [0.4, 0.5) is 0 Å². The van der Waals surface area contributed by atoms with E-state index in [1.807, 2.05) is 11.8 Å². The van der Waals surface area contributed by atoms with Gasteiger partial charge >= 0.3 is 0 Å². The molecule has 17 heavy (non-hydrogen) atoms. The van der Waals surface area contributed by atoms with Crippen LogP contribution >= 0.6 is 0 Å². The Balaban J connectivity index is 2.05. The van der Waals surface area contributed by atoms with Crippen molar-refractivity contribution in [3.8, 4) is 5.75 Å². The fraction of sp³-hybridized carbons (Fsp3) is 0.583. The van der Waals surface area contributed by atoms with E-state index in [0.29, 0.717) is 18.8 Å². The molecule has 0 aromatic carbocycles. The molecule has 1 unspecified atom stereocenters. The van der Waals surface area contributed by atoms with Gasteiger partial charge in [-0.15, -0.1) is 0 Å². The third kappa shape index (κ3) is 3.08. The Morgan fingerprint density at radius 3 is 3.00 bits per heavy atom. The van der Waals surface area contributed by atoms with Crippen LogP contribution in [0, 0.1) is 0 Å². The average molecular weight is 239 g/mol. The van der Waals surface area contributed by atoms with Crippen molar-refractivity contribution in [2.45, 2.75) is 31.9 Å². The Morgan fingerprint density at radius 1 is 1.59 bits per heavy atom. The van der Waals surface area contributed by atoms with E-state index in [-0.39, 0.29) is 5.75 Å². The van der Waals surface area contributed by atoms with Crippen LogP contribution in [0.1, 0.15) is 25.5 Å². The van der Waals surface area contributed by atoms with Crippen LogP contribution in [0.25, 0.3) is 0 Å². The molecule has 0 radical (unpaired) electrons. The second-order valence-corrected chi connectivity index (χ2v) is 4.91. The minimum atomic E-state index is -0.671. The van der Waals surface area contributed by atoms with Gasteiger partial charge in [-0.05, 0) is 26.3 Å². The number of nitrogens with zero attached hydrogens (tertiary/aromatic N) is 1. The van der Waals surface area contributed by atoms with Gasteiger partial charge in [0.05, 0.1) is 12.1 Å². The Bertz CT molecular complexity index is 452. The van der Waals surface area contributed by atoms with E-state index in [0.717, 1.165) is 25.6 Å². The van der Waals surface area contributed by atoms with Crippen molar-refractivity contribution >= 4 is 0 Å². The van der Waals surface area contributed by atoms with Gasteiger partial charge in [0.15, 0.2) is 5.75 Å². The highest BCUT2D eigenvalue weighted by atomic mass is 16.4. The Morgan fingerprint density at radius 2 is 2.35 bits per heavy atom. The van der Waals surface area contributed by atoms with Gasteiger partial charge in [-0.25, -0.2) is 0 Å². The summed E-state index contributed by atoms with van der Waals surface area (Å²) in [6.07, 6.45) is 2.78. The fourth-order valence-corrected chi connectivity index (χ4v) is 2.21. The van der Waals surface area contributed by atoms with Crippen molar-refractivity contribution in [1.82, 2.24) is 4.90 Å². The van der Waals surface area contributed by atoms with Crippen molar-refractivity contribution in [3.63, 3.8) is 0 Å².